The van der Waals surface area contributed by atoms with Crippen LogP contribution in [0.1, 0.15) is 47.3 Å². The Hall–Kier alpha value is -4.33. The average molecular weight is 498 g/mol. The van der Waals surface area contributed by atoms with E-state index in [-0.39, 0.29) is 11.9 Å². The molecule has 2 N–H and O–H groups in total. The first-order chi connectivity index (χ1) is 18.0. The van der Waals surface area contributed by atoms with Crippen LogP contribution in [-0.4, -0.2) is 39.3 Å². The molecule has 37 heavy (non-hydrogen) atoms. The van der Waals surface area contributed by atoms with Gasteiger partial charge in [0.25, 0.3) is 5.91 Å². The van der Waals surface area contributed by atoms with Gasteiger partial charge in [-0.15, -0.1) is 0 Å². The summed E-state index contributed by atoms with van der Waals surface area (Å²) in [6, 6.07) is 18.1. The standard InChI is InChI=1S/C29H31N5O3/c1-21-6-15-27-30-25(19-34(27)18-21)20-37-26-13-7-22(8-14-26)28(35)31-23-9-11-24(12-10-23)32-29(36)33-16-4-2-3-5-17-33/h6-15,18-19H,2-5,16-17,20H2,1H3,(H,31,35)(H,32,36). The molecule has 2 aromatic carbocycles. The Morgan fingerprint density at radius 3 is 2.22 bits per heavy atom. The van der Waals surface area contributed by atoms with Gasteiger partial charge in [0.2, 0.25) is 0 Å². The van der Waals surface area contributed by atoms with Crippen molar-refractivity contribution in [3.05, 3.63) is 89.9 Å². The number of fused-ring (bicyclic) bond motifs is 1. The number of amides is 3. The van der Waals surface area contributed by atoms with E-state index >= 15 is 0 Å². The lowest BCUT2D eigenvalue weighted by atomic mass is 10.2. The third-order valence-electron chi connectivity index (χ3n) is 6.44. The summed E-state index contributed by atoms with van der Waals surface area (Å²) in [7, 11) is 0. The molecule has 190 valence electrons. The molecule has 0 radical (unpaired) electrons. The minimum absolute atomic E-state index is 0.0720. The summed E-state index contributed by atoms with van der Waals surface area (Å²) in [5.74, 6) is 0.443. The van der Waals surface area contributed by atoms with Crippen LogP contribution in [0.4, 0.5) is 16.2 Å². The molecule has 1 aliphatic rings. The van der Waals surface area contributed by atoms with E-state index in [0.29, 0.717) is 29.3 Å². The lowest BCUT2D eigenvalue weighted by Crippen LogP contribution is -2.35. The number of carbonyl (C=O) groups is 2. The lowest BCUT2D eigenvalue weighted by molar-refractivity contribution is 0.102. The fourth-order valence-electron chi connectivity index (χ4n) is 4.40. The number of nitrogens with one attached hydrogen (secondary N) is 2. The number of anilines is 2. The van der Waals surface area contributed by atoms with Crippen LogP contribution in [-0.2, 0) is 6.61 Å². The normalized spacial score (nSPS) is 13.7. The molecule has 3 heterocycles. The van der Waals surface area contributed by atoms with Gasteiger partial charge < -0.3 is 24.7 Å². The van der Waals surface area contributed by atoms with E-state index in [1.165, 1.54) is 12.8 Å². The van der Waals surface area contributed by atoms with Crippen LogP contribution >= 0.6 is 0 Å². The van der Waals surface area contributed by atoms with Crippen molar-refractivity contribution >= 4 is 29.0 Å². The fourth-order valence-corrected chi connectivity index (χ4v) is 4.40. The molecule has 0 atom stereocenters. The smallest absolute Gasteiger partial charge is 0.321 e. The molecule has 8 heteroatoms. The minimum atomic E-state index is -0.219. The number of ether oxygens (including phenoxy) is 1. The highest BCUT2D eigenvalue weighted by Crippen LogP contribution is 2.19. The molecule has 0 saturated carbocycles. The topological polar surface area (TPSA) is 88.0 Å². The van der Waals surface area contributed by atoms with Crippen molar-refractivity contribution in [1.29, 1.82) is 0 Å². The first-order valence-electron chi connectivity index (χ1n) is 12.7. The van der Waals surface area contributed by atoms with E-state index < -0.39 is 0 Å². The predicted octanol–water partition coefficient (Wildman–Crippen LogP) is 5.88. The number of hydrogen-bond acceptors (Lipinski definition) is 4. The summed E-state index contributed by atoms with van der Waals surface area (Å²) in [6.07, 6.45) is 8.43. The molecule has 2 aromatic heterocycles. The van der Waals surface area contributed by atoms with Gasteiger partial charge in [-0.1, -0.05) is 18.9 Å². The van der Waals surface area contributed by atoms with Gasteiger partial charge in [-0.05, 0) is 79.9 Å². The monoisotopic (exact) mass is 497 g/mol. The summed E-state index contributed by atoms with van der Waals surface area (Å²) < 4.78 is 7.84. The number of aryl methyl sites for hydroxylation is 1. The fraction of sp³-hybridized carbons (Fsp3) is 0.276. The van der Waals surface area contributed by atoms with E-state index in [1.54, 1.807) is 48.5 Å². The second-order valence-corrected chi connectivity index (χ2v) is 9.38. The number of hydrogen-bond donors (Lipinski definition) is 2. The molecule has 0 aliphatic carbocycles. The number of aromatic nitrogens is 2. The number of likely N-dealkylation sites (tertiary alicyclic amines) is 1. The number of imidazole rings is 1. The zero-order valence-electron chi connectivity index (χ0n) is 20.9. The van der Waals surface area contributed by atoms with E-state index in [9.17, 15) is 9.59 Å². The minimum Gasteiger partial charge on any atom is -0.487 e. The van der Waals surface area contributed by atoms with E-state index in [0.717, 1.165) is 42.8 Å². The number of rotatable bonds is 6. The number of carbonyl (C=O) groups excluding carboxylic acids is 2. The van der Waals surface area contributed by atoms with Gasteiger partial charge in [-0.25, -0.2) is 9.78 Å². The van der Waals surface area contributed by atoms with Gasteiger partial charge in [0.1, 0.15) is 18.0 Å². The molecule has 0 spiro atoms. The molecule has 3 amide bonds. The molecule has 8 nitrogen and oxygen atoms in total. The van der Waals surface area contributed by atoms with Crippen molar-refractivity contribution in [3.63, 3.8) is 0 Å². The second-order valence-electron chi connectivity index (χ2n) is 9.38. The van der Waals surface area contributed by atoms with Crippen LogP contribution in [0.15, 0.2) is 73.1 Å². The third kappa shape index (κ3) is 6.27. The molecular weight excluding hydrogens is 466 g/mol. The highest BCUT2D eigenvalue weighted by atomic mass is 16.5. The summed E-state index contributed by atoms with van der Waals surface area (Å²) in [4.78, 5) is 31.6. The van der Waals surface area contributed by atoms with Crippen LogP contribution in [0, 0.1) is 6.92 Å². The number of urea groups is 1. The Morgan fingerprint density at radius 1 is 0.838 bits per heavy atom. The SMILES string of the molecule is Cc1ccc2nc(COc3ccc(C(=O)Nc4ccc(NC(=O)N5CCCCCC5)cc4)cc3)cn2c1. The Kier molecular flexibility index (Phi) is 7.35. The van der Waals surface area contributed by atoms with Gasteiger partial charge in [0.05, 0.1) is 5.69 Å². The highest BCUT2D eigenvalue weighted by molar-refractivity contribution is 6.04. The maximum absolute atomic E-state index is 12.7. The van der Waals surface area contributed by atoms with Crippen molar-refractivity contribution in [2.24, 2.45) is 0 Å². The molecule has 4 aromatic rings. The number of nitrogens with zero attached hydrogens (tertiary/aromatic N) is 3. The molecule has 0 unspecified atom stereocenters. The summed E-state index contributed by atoms with van der Waals surface area (Å²) in [6.45, 7) is 3.97. The molecular formula is C29H31N5O3. The first kappa shape index (κ1) is 24.4. The Bertz CT molecular complexity index is 1370. The zero-order valence-corrected chi connectivity index (χ0v) is 20.9. The van der Waals surface area contributed by atoms with Crippen LogP contribution in [0.3, 0.4) is 0 Å². The van der Waals surface area contributed by atoms with Crippen LogP contribution < -0.4 is 15.4 Å². The van der Waals surface area contributed by atoms with Crippen molar-refractivity contribution in [2.45, 2.75) is 39.2 Å². The molecule has 0 bridgehead atoms. The molecule has 1 saturated heterocycles. The highest BCUT2D eigenvalue weighted by Gasteiger charge is 2.15. The van der Waals surface area contributed by atoms with Gasteiger partial charge in [0.15, 0.2) is 0 Å². The number of benzene rings is 2. The largest absolute Gasteiger partial charge is 0.487 e. The van der Waals surface area contributed by atoms with Gasteiger partial charge in [0, 0.05) is 42.4 Å². The van der Waals surface area contributed by atoms with E-state index in [2.05, 4.69) is 15.6 Å². The summed E-state index contributed by atoms with van der Waals surface area (Å²) >= 11 is 0. The van der Waals surface area contributed by atoms with Gasteiger partial charge in [-0.2, -0.15) is 0 Å². The molecule has 1 fully saturated rings. The van der Waals surface area contributed by atoms with Crippen molar-refractivity contribution in [3.8, 4) is 5.75 Å². The Morgan fingerprint density at radius 2 is 1.51 bits per heavy atom. The maximum atomic E-state index is 12.7. The lowest BCUT2D eigenvalue weighted by Gasteiger charge is -2.20. The maximum Gasteiger partial charge on any atom is 0.321 e. The van der Waals surface area contributed by atoms with E-state index in [4.69, 9.17) is 4.74 Å². The zero-order chi connectivity index (χ0) is 25.6. The second kappa shape index (κ2) is 11.2. The van der Waals surface area contributed by atoms with Gasteiger partial charge in [-0.3, -0.25) is 4.79 Å². The number of pyridine rings is 1. The average Bonchev–Trinajstić information content (AvgIpc) is 3.11. The third-order valence-corrected chi connectivity index (χ3v) is 6.44. The van der Waals surface area contributed by atoms with Gasteiger partial charge >= 0.3 is 6.03 Å². The van der Waals surface area contributed by atoms with Crippen LogP contribution in [0.2, 0.25) is 0 Å². The Labute approximate surface area is 216 Å². The van der Waals surface area contributed by atoms with Crippen molar-refractivity contribution in [2.75, 3.05) is 23.7 Å². The predicted molar refractivity (Wildman–Crippen MR) is 144 cm³/mol. The molecule has 5 rings (SSSR count). The summed E-state index contributed by atoms with van der Waals surface area (Å²) in [5.41, 5.74) is 4.75. The first-order valence-corrected chi connectivity index (χ1v) is 12.7. The summed E-state index contributed by atoms with van der Waals surface area (Å²) in [5, 5.41) is 5.84. The quantitative estimate of drug-likeness (QED) is 0.348. The van der Waals surface area contributed by atoms with Crippen molar-refractivity contribution in [1.82, 2.24) is 14.3 Å². The Balaban J connectivity index is 1.12. The van der Waals surface area contributed by atoms with E-state index in [1.807, 2.05) is 40.8 Å². The van der Waals surface area contributed by atoms with Crippen LogP contribution in [0.25, 0.3) is 5.65 Å². The van der Waals surface area contributed by atoms with Crippen molar-refractivity contribution < 1.29 is 14.3 Å². The van der Waals surface area contributed by atoms with Crippen LogP contribution in [0.5, 0.6) is 5.75 Å². The molecule has 1 aliphatic heterocycles.